The molecule has 0 aliphatic carbocycles. The van der Waals surface area contributed by atoms with Gasteiger partial charge in [-0.05, 0) is 30.3 Å². The van der Waals surface area contributed by atoms with Gasteiger partial charge in [-0.15, -0.1) is 0 Å². The number of rotatable bonds is 6. The van der Waals surface area contributed by atoms with Gasteiger partial charge in [-0.1, -0.05) is 29.8 Å². The first kappa shape index (κ1) is 15.9. The van der Waals surface area contributed by atoms with Crippen molar-refractivity contribution in [1.29, 1.82) is 0 Å². The van der Waals surface area contributed by atoms with Gasteiger partial charge in [0, 0.05) is 12.1 Å². The van der Waals surface area contributed by atoms with Crippen LogP contribution in [0.15, 0.2) is 48.5 Å². The number of hydrogen-bond acceptors (Lipinski definition) is 3. The van der Waals surface area contributed by atoms with Gasteiger partial charge in [-0.3, -0.25) is 9.59 Å². The fraction of sp³-hybridized carbons (Fsp3) is 0.125. The minimum absolute atomic E-state index is 0.0881. The van der Waals surface area contributed by atoms with Crippen molar-refractivity contribution >= 4 is 29.2 Å². The Morgan fingerprint density at radius 3 is 2.45 bits per heavy atom. The maximum atomic E-state index is 11.6. The lowest BCUT2D eigenvalue weighted by Gasteiger charge is -2.10. The van der Waals surface area contributed by atoms with Crippen molar-refractivity contribution in [3.8, 4) is 11.5 Å². The standard InChI is InChI=1S/C16H14ClNO4/c17-13-10-11(18-15(19)8-9-16(20)21)6-7-14(13)22-12-4-2-1-3-5-12/h1-7,10H,8-9H2,(H,18,19)(H,20,21). The molecule has 2 rings (SSSR count). The summed E-state index contributed by atoms with van der Waals surface area (Å²) in [5.41, 5.74) is 0.487. The minimum Gasteiger partial charge on any atom is -0.481 e. The van der Waals surface area contributed by atoms with Crippen LogP contribution in [0.4, 0.5) is 5.69 Å². The molecule has 0 aliphatic rings. The van der Waals surface area contributed by atoms with E-state index >= 15 is 0 Å². The number of carbonyl (C=O) groups excluding carboxylic acids is 1. The maximum absolute atomic E-state index is 11.6. The van der Waals surface area contributed by atoms with Gasteiger partial charge in [0.05, 0.1) is 11.4 Å². The minimum atomic E-state index is -1.01. The number of carboxylic acids is 1. The first-order valence-electron chi connectivity index (χ1n) is 6.58. The molecule has 0 saturated heterocycles. The molecule has 0 aromatic heterocycles. The molecule has 6 heteroatoms. The molecule has 0 spiro atoms. The Kier molecular flexibility index (Phi) is 5.38. The molecule has 5 nitrogen and oxygen atoms in total. The highest BCUT2D eigenvalue weighted by Gasteiger charge is 2.08. The van der Waals surface area contributed by atoms with Crippen LogP contribution in [0.2, 0.25) is 5.02 Å². The molecule has 0 fully saturated rings. The topological polar surface area (TPSA) is 75.6 Å². The van der Waals surface area contributed by atoms with E-state index in [0.717, 1.165) is 0 Å². The van der Waals surface area contributed by atoms with E-state index in [1.807, 2.05) is 18.2 Å². The average Bonchev–Trinajstić information content (AvgIpc) is 2.49. The van der Waals surface area contributed by atoms with E-state index in [0.29, 0.717) is 22.2 Å². The summed E-state index contributed by atoms with van der Waals surface area (Å²) in [6.45, 7) is 0. The second kappa shape index (κ2) is 7.47. The SMILES string of the molecule is O=C(O)CCC(=O)Nc1ccc(Oc2ccccc2)c(Cl)c1. The number of benzene rings is 2. The first-order valence-corrected chi connectivity index (χ1v) is 6.96. The van der Waals surface area contributed by atoms with Gasteiger partial charge >= 0.3 is 5.97 Å². The van der Waals surface area contributed by atoms with Crippen molar-refractivity contribution in [2.75, 3.05) is 5.32 Å². The average molecular weight is 320 g/mol. The summed E-state index contributed by atoms with van der Waals surface area (Å²) in [4.78, 5) is 22.0. The Morgan fingerprint density at radius 1 is 1.09 bits per heavy atom. The predicted octanol–water partition coefficient (Wildman–Crippen LogP) is 3.94. The van der Waals surface area contributed by atoms with Gasteiger partial charge in [0.25, 0.3) is 0 Å². The lowest BCUT2D eigenvalue weighted by atomic mass is 10.2. The van der Waals surface area contributed by atoms with E-state index in [1.165, 1.54) is 0 Å². The molecule has 22 heavy (non-hydrogen) atoms. The highest BCUT2D eigenvalue weighted by molar-refractivity contribution is 6.32. The Labute approximate surface area is 132 Å². The van der Waals surface area contributed by atoms with Crippen molar-refractivity contribution in [2.24, 2.45) is 0 Å². The van der Waals surface area contributed by atoms with Crippen molar-refractivity contribution in [3.63, 3.8) is 0 Å². The molecule has 0 radical (unpaired) electrons. The highest BCUT2D eigenvalue weighted by atomic mass is 35.5. The molecule has 0 aliphatic heterocycles. The van der Waals surface area contributed by atoms with Crippen molar-refractivity contribution in [2.45, 2.75) is 12.8 Å². The molecular formula is C16H14ClNO4. The Hall–Kier alpha value is -2.53. The van der Waals surface area contributed by atoms with Crippen LogP contribution in [0.5, 0.6) is 11.5 Å². The van der Waals surface area contributed by atoms with Crippen molar-refractivity contribution < 1.29 is 19.4 Å². The Balaban J connectivity index is 2.00. The summed E-state index contributed by atoms with van der Waals surface area (Å²) in [5.74, 6) is -0.269. The lowest BCUT2D eigenvalue weighted by Crippen LogP contribution is -2.13. The quantitative estimate of drug-likeness (QED) is 0.845. The lowest BCUT2D eigenvalue weighted by molar-refractivity contribution is -0.138. The zero-order valence-corrected chi connectivity index (χ0v) is 12.3. The molecule has 0 bridgehead atoms. The molecule has 1 amide bonds. The van der Waals surface area contributed by atoms with E-state index in [1.54, 1.807) is 30.3 Å². The molecule has 0 unspecified atom stereocenters. The zero-order chi connectivity index (χ0) is 15.9. The van der Waals surface area contributed by atoms with Crippen LogP contribution in [-0.2, 0) is 9.59 Å². The number of amides is 1. The molecule has 2 N–H and O–H groups in total. The molecule has 0 heterocycles. The summed E-state index contributed by atoms with van der Waals surface area (Å²) in [7, 11) is 0. The van der Waals surface area contributed by atoms with Crippen LogP contribution in [-0.4, -0.2) is 17.0 Å². The Morgan fingerprint density at radius 2 is 1.82 bits per heavy atom. The van der Waals surface area contributed by atoms with Gasteiger partial charge in [0.15, 0.2) is 0 Å². The number of carboxylic acid groups (broad SMARTS) is 1. The largest absolute Gasteiger partial charge is 0.481 e. The number of hydrogen-bond donors (Lipinski definition) is 2. The zero-order valence-electron chi connectivity index (χ0n) is 11.6. The summed E-state index contributed by atoms with van der Waals surface area (Å²) in [5, 5.41) is 11.5. The summed E-state index contributed by atoms with van der Waals surface area (Å²) >= 11 is 6.12. The van der Waals surface area contributed by atoms with Gasteiger partial charge in [-0.2, -0.15) is 0 Å². The number of ether oxygens (including phenoxy) is 1. The van der Waals surface area contributed by atoms with Crippen LogP contribution in [0.1, 0.15) is 12.8 Å². The highest BCUT2D eigenvalue weighted by Crippen LogP contribution is 2.31. The van der Waals surface area contributed by atoms with Crippen molar-refractivity contribution in [1.82, 2.24) is 0 Å². The number of halogens is 1. The van der Waals surface area contributed by atoms with Gasteiger partial charge < -0.3 is 15.2 Å². The van der Waals surface area contributed by atoms with Gasteiger partial charge in [0.2, 0.25) is 5.91 Å². The molecule has 2 aromatic carbocycles. The second-order valence-electron chi connectivity index (χ2n) is 4.50. The third-order valence-electron chi connectivity index (χ3n) is 2.75. The monoisotopic (exact) mass is 319 g/mol. The van der Waals surface area contributed by atoms with Crippen LogP contribution in [0.25, 0.3) is 0 Å². The van der Waals surface area contributed by atoms with Gasteiger partial charge in [-0.25, -0.2) is 0 Å². The molecular weight excluding hydrogens is 306 g/mol. The number of para-hydroxylation sites is 1. The molecule has 0 saturated carbocycles. The predicted molar refractivity (Wildman–Crippen MR) is 83.5 cm³/mol. The number of aliphatic carboxylic acids is 1. The van der Waals surface area contributed by atoms with Gasteiger partial charge in [0.1, 0.15) is 11.5 Å². The third-order valence-corrected chi connectivity index (χ3v) is 3.05. The van der Waals surface area contributed by atoms with E-state index in [4.69, 9.17) is 21.4 Å². The fourth-order valence-corrected chi connectivity index (χ4v) is 1.94. The van der Waals surface area contributed by atoms with E-state index < -0.39 is 5.97 Å². The third kappa shape index (κ3) is 4.79. The fourth-order valence-electron chi connectivity index (χ4n) is 1.72. The summed E-state index contributed by atoms with van der Waals surface area (Å²) < 4.78 is 5.63. The smallest absolute Gasteiger partial charge is 0.303 e. The summed E-state index contributed by atoms with van der Waals surface area (Å²) in [6, 6.07) is 14.0. The number of carbonyl (C=O) groups is 2. The second-order valence-corrected chi connectivity index (χ2v) is 4.91. The first-order chi connectivity index (χ1) is 10.5. The van der Waals surface area contributed by atoms with E-state index in [9.17, 15) is 9.59 Å². The Bertz CT molecular complexity index is 673. The summed E-state index contributed by atoms with van der Waals surface area (Å²) in [6.07, 6.45) is -0.302. The van der Waals surface area contributed by atoms with Crippen LogP contribution >= 0.6 is 11.6 Å². The molecule has 2 aromatic rings. The van der Waals surface area contributed by atoms with Crippen LogP contribution < -0.4 is 10.1 Å². The van der Waals surface area contributed by atoms with E-state index in [-0.39, 0.29) is 18.7 Å². The number of nitrogens with one attached hydrogen (secondary N) is 1. The molecule has 0 atom stereocenters. The maximum Gasteiger partial charge on any atom is 0.303 e. The molecule has 114 valence electrons. The van der Waals surface area contributed by atoms with Crippen LogP contribution in [0, 0.1) is 0 Å². The van der Waals surface area contributed by atoms with E-state index in [2.05, 4.69) is 5.32 Å². The van der Waals surface area contributed by atoms with Crippen molar-refractivity contribution in [3.05, 3.63) is 53.6 Å². The number of anilines is 1. The normalized spacial score (nSPS) is 10.0. The van der Waals surface area contributed by atoms with Crippen LogP contribution in [0.3, 0.4) is 0 Å².